The Balaban J connectivity index is 3.23. The van der Waals surface area contributed by atoms with Crippen LogP contribution in [0.2, 0.25) is 5.02 Å². The quantitative estimate of drug-likeness (QED) is 0.848. The number of anilines is 1. The smallest absolute Gasteiger partial charge is 0.243 e. The summed E-state index contributed by atoms with van der Waals surface area (Å²) >= 11 is 6.00. The second-order valence-electron chi connectivity index (χ2n) is 6.21. The number of benzene rings is 1. The second-order valence-corrected chi connectivity index (χ2v) is 8.50. The maximum absolute atomic E-state index is 12.5. The Bertz CT molecular complexity index is 674. The molecule has 23 heavy (non-hydrogen) atoms. The fraction of sp³-hybridized carbons (Fsp3) is 0.562. The lowest BCUT2D eigenvalue weighted by molar-refractivity contribution is -0.122. The highest BCUT2D eigenvalue weighted by Crippen LogP contribution is 2.28. The van der Waals surface area contributed by atoms with Gasteiger partial charge in [-0.2, -0.15) is 0 Å². The lowest BCUT2D eigenvalue weighted by atomic mass is 10.1. The lowest BCUT2D eigenvalue weighted by Gasteiger charge is -2.31. The Morgan fingerprint density at radius 1 is 1.22 bits per heavy atom. The van der Waals surface area contributed by atoms with E-state index >= 15 is 0 Å². The number of halogens is 1. The monoisotopic (exact) mass is 360 g/mol. The molecule has 0 spiro atoms. The average Bonchev–Trinajstić information content (AvgIpc) is 2.40. The standard InChI is InChI=1S/C16H25ClN2O3S/c1-10(2)12(4)18-16(20)13(5)19(23(6,21)22)15-9-14(17)8-7-11(15)3/h7-10,12-13H,1-6H3,(H,18,20)/t12-,13-/m0/s1. The molecule has 0 aliphatic carbocycles. The van der Waals surface area contributed by atoms with Crippen molar-refractivity contribution in [3.63, 3.8) is 0 Å². The van der Waals surface area contributed by atoms with Gasteiger partial charge in [0.05, 0.1) is 11.9 Å². The van der Waals surface area contributed by atoms with Crippen molar-refractivity contribution >= 4 is 33.2 Å². The number of carbonyl (C=O) groups is 1. The first kappa shape index (κ1) is 19.8. The van der Waals surface area contributed by atoms with Crippen LogP contribution in [0.5, 0.6) is 0 Å². The molecule has 5 nitrogen and oxygen atoms in total. The highest BCUT2D eigenvalue weighted by molar-refractivity contribution is 7.92. The molecule has 0 heterocycles. The molecule has 2 atom stereocenters. The molecular formula is C16H25ClN2O3S. The van der Waals surface area contributed by atoms with E-state index in [0.29, 0.717) is 10.7 Å². The van der Waals surface area contributed by atoms with Gasteiger partial charge >= 0.3 is 0 Å². The predicted molar refractivity (Wildman–Crippen MR) is 95.4 cm³/mol. The van der Waals surface area contributed by atoms with Crippen molar-refractivity contribution in [3.8, 4) is 0 Å². The molecule has 0 radical (unpaired) electrons. The van der Waals surface area contributed by atoms with Crippen molar-refractivity contribution in [2.45, 2.75) is 46.7 Å². The van der Waals surface area contributed by atoms with Crippen LogP contribution in [0, 0.1) is 12.8 Å². The molecule has 0 saturated heterocycles. The summed E-state index contributed by atoms with van der Waals surface area (Å²) in [4.78, 5) is 12.5. The minimum absolute atomic E-state index is 0.0492. The first-order valence-electron chi connectivity index (χ1n) is 7.51. The summed E-state index contributed by atoms with van der Waals surface area (Å²) in [5.41, 5.74) is 1.15. The van der Waals surface area contributed by atoms with E-state index in [4.69, 9.17) is 11.6 Å². The van der Waals surface area contributed by atoms with Gasteiger partial charge in [-0.25, -0.2) is 8.42 Å². The van der Waals surface area contributed by atoms with Crippen LogP contribution in [-0.4, -0.2) is 32.7 Å². The van der Waals surface area contributed by atoms with E-state index < -0.39 is 16.1 Å². The molecule has 1 amide bonds. The number of hydrogen-bond acceptors (Lipinski definition) is 3. The van der Waals surface area contributed by atoms with E-state index in [1.807, 2.05) is 20.8 Å². The first-order valence-corrected chi connectivity index (χ1v) is 9.73. The van der Waals surface area contributed by atoms with Crippen LogP contribution >= 0.6 is 11.6 Å². The Hall–Kier alpha value is -1.27. The van der Waals surface area contributed by atoms with Crippen LogP contribution in [0.15, 0.2) is 18.2 Å². The number of nitrogens with zero attached hydrogens (tertiary/aromatic N) is 1. The highest BCUT2D eigenvalue weighted by Gasteiger charge is 2.31. The highest BCUT2D eigenvalue weighted by atomic mass is 35.5. The van der Waals surface area contributed by atoms with Crippen LogP contribution < -0.4 is 9.62 Å². The number of rotatable bonds is 6. The van der Waals surface area contributed by atoms with Crippen LogP contribution in [0.4, 0.5) is 5.69 Å². The number of hydrogen-bond donors (Lipinski definition) is 1. The molecule has 7 heteroatoms. The van der Waals surface area contributed by atoms with Crippen molar-refractivity contribution in [1.29, 1.82) is 0 Å². The van der Waals surface area contributed by atoms with Crippen LogP contribution in [0.25, 0.3) is 0 Å². The first-order chi connectivity index (χ1) is 10.4. The maximum Gasteiger partial charge on any atom is 0.243 e. The Morgan fingerprint density at radius 2 is 1.78 bits per heavy atom. The normalized spacial score (nSPS) is 14.4. The van der Waals surface area contributed by atoms with E-state index in [1.165, 1.54) is 0 Å². The zero-order valence-electron chi connectivity index (χ0n) is 14.4. The molecule has 1 N–H and O–H groups in total. The summed E-state index contributed by atoms with van der Waals surface area (Å²) in [5.74, 6) is -0.0817. The van der Waals surface area contributed by atoms with Gasteiger partial charge in [0.2, 0.25) is 15.9 Å². The van der Waals surface area contributed by atoms with Crippen molar-refractivity contribution in [2.24, 2.45) is 5.92 Å². The fourth-order valence-corrected chi connectivity index (χ4v) is 3.50. The Morgan fingerprint density at radius 3 is 2.26 bits per heavy atom. The van der Waals surface area contributed by atoms with Crippen molar-refractivity contribution in [2.75, 3.05) is 10.6 Å². The topological polar surface area (TPSA) is 66.5 Å². The summed E-state index contributed by atoms with van der Waals surface area (Å²) in [6.07, 6.45) is 1.09. The molecule has 1 aromatic rings. The molecule has 0 aliphatic heterocycles. The minimum Gasteiger partial charge on any atom is -0.352 e. The third kappa shape index (κ3) is 5.11. The number of nitrogens with one attached hydrogen (secondary N) is 1. The maximum atomic E-state index is 12.5. The van der Waals surface area contributed by atoms with E-state index in [1.54, 1.807) is 32.0 Å². The van der Waals surface area contributed by atoms with Crippen LogP contribution in [0.3, 0.4) is 0 Å². The van der Waals surface area contributed by atoms with Gasteiger partial charge in [0.25, 0.3) is 0 Å². The molecule has 0 bridgehead atoms. The largest absolute Gasteiger partial charge is 0.352 e. The summed E-state index contributed by atoms with van der Waals surface area (Å²) in [6, 6.07) is 4.06. The molecule has 0 saturated carbocycles. The Kier molecular flexibility index (Phi) is 6.48. The van der Waals surface area contributed by atoms with Crippen molar-refractivity contribution < 1.29 is 13.2 Å². The molecule has 1 rings (SSSR count). The van der Waals surface area contributed by atoms with Gasteiger partial charge in [-0.1, -0.05) is 31.5 Å². The summed E-state index contributed by atoms with van der Waals surface area (Å²) < 4.78 is 25.6. The van der Waals surface area contributed by atoms with Crippen LogP contribution in [-0.2, 0) is 14.8 Å². The van der Waals surface area contributed by atoms with Gasteiger partial charge in [0, 0.05) is 11.1 Å². The summed E-state index contributed by atoms with van der Waals surface area (Å²) in [5, 5.41) is 3.28. The van der Waals surface area contributed by atoms with E-state index in [0.717, 1.165) is 16.1 Å². The fourth-order valence-electron chi connectivity index (χ4n) is 2.11. The van der Waals surface area contributed by atoms with Gasteiger partial charge in [0.15, 0.2) is 0 Å². The molecular weight excluding hydrogens is 336 g/mol. The van der Waals surface area contributed by atoms with E-state index in [-0.39, 0.29) is 17.9 Å². The van der Waals surface area contributed by atoms with Crippen molar-refractivity contribution in [3.05, 3.63) is 28.8 Å². The predicted octanol–water partition coefficient (Wildman–Crippen LogP) is 2.96. The summed E-state index contributed by atoms with van der Waals surface area (Å²) in [6.45, 7) is 9.23. The number of sulfonamides is 1. The second kappa shape index (κ2) is 7.53. The molecule has 0 aliphatic rings. The molecule has 0 unspecified atom stereocenters. The van der Waals surface area contributed by atoms with Crippen molar-refractivity contribution in [1.82, 2.24) is 5.32 Å². The van der Waals surface area contributed by atoms with Gasteiger partial charge in [-0.15, -0.1) is 0 Å². The van der Waals surface area contributed by atoms with Crippen LogP contribution in [0.1, 0.15) is 33.3 Å². The minimum atomic E-state index is -3.64. The number of carbonyl (C=O) groups excluding carboxylic acids is 1. The van der Waals surface area contributed by atoms with Gasteiger partial charge in [0.1, 0.15) is 6.04 Å². The summed E-state index contributed by atoms with van der Waals surface area (Å²) in [7, 11) is -3.64. The van der Waals surface area contributed by atoms with E-state index in [9.17, 15) is 13.2 Å². The van der Waals surface area contributed by atoms with E-state index in [2.05, 4.69) is 5.32 Å². The average molecular weight is 361 g/mol. The van der Waals surface area contributed by atoms with Gasteiger partial charge < -0.3 is 5.32 Å². The molecule has 130 valence electrons. The molecule has 0 aromatic heterocycles. The Labute approximate surface area is 144 Å². The third-order valence-corrected chi connectivity index (χ3v) is 5.33. The third-order valence-electron chi connectivity index (χ3n) is 3.87. The van der Waals surface area contributed by atoms with Gasteiger partial charge in [-0.05, 0) is 44.4 Å². The molecule has 0 fully saturated rings. The number of aryl methyl sites for hydroxylation is 1. The zero-order chi connectivity index (χ0) is 17.9. The SMILES string of the molecule is Cc1ccc(Cl)cc1N([C@@H](C)C(=O)N[C@@H](C)C(C)C)S(C)(=O)=O. The zero-order valence-corrected chi connectivity index (χ0v) is 16.0. The van der Waals surface area contributed by atoms with Gasteiger partial charge in [-0.3, -0.25) is 9.10 Å². The molecule has 1 aromatic carbocycles. The lowest BCUT2D eigenvalue weighted by Crippen LogP contribution is -2.50. The number of amides is 1.